The van der Waals surface area contributed by atoms with Gasteiger partial charge in [0.2, 0.25) is 5.91 Å². The standard InChI is InChI=1S/C29H25BrN4O3/c1-19-7-9-21(10-8-19)29-24(18-33(32-29)23-5-3-2-4-6-23)25-17-26(20-11-13-22(30)14-12-20)34(31-25)27(35)15-16-28(36)37/h2-14,18,26H,15-17H2,1H3,(H,36,37)/t26-/m1/s1. The molecular weight excluding hydrogens is 532 g/mol. The summed E-state index contributed by atoms with van der Waals surface area (Å²) in [5.74, 6) is -1.33. The van der Waals surface area contributed by atoms with Gasteiger partial charge in [0.05, 0.1) is 23.9 Å². The van der Waals surface area contributed by atoms with Gasteiger partial charge >= 0.3 is 5.97 Å². The molecule has 1 N–H and O–H groups in total. The highest BCUT2D eigenvalue weighted by atomic mass is 79.9. The molecule has 0 radical (unpaired) electrons. The first kappa shape index (κ1) is 24.6. The maximum atomic E-state index is 13.1. The summed E-state index contributed by atoms with van der Waals surface area (Å²) in [5.41, 5.74) is 6.29. The van der Waals surface area contributed by atoms with Crippen LogP contribution in [0, 0.1) is 6.92 Å². The van der Waals surface area contributed by atoms with Gasteiger partial charge < -0.3 is 5.11 Å². The zero-order valence-electron chi connectivity index (χ0n) is 20.2. The number of hydrogen-bond donors (Lipinski definition) is 1. The second-order valence-corrected chi connectivity index (χ2v) is 9.90. The number of rotatable bonds is 7. The van der Waals surface area contributed by atoms with E-state index < -0.39 is 5.97 Å². The Hall–Kier alpha value is -4.04. The molecule has 1 aliphatic rings. The average molecular weight is 557 g/mol. The monoisotopic (exact) mass is 556 g/mol. The molecule has 0 unspecified atom stereocenters. The fraction of sp³-hybridized carbons (Fsp3) is 0.172. The average Bonchev–Trinajstić information content (AvgIpc) is 3.54. The predicted molar refractivity (Wildman–Crippen MR) is 145 cm³/mol. The second kappa shape index (κ2) is 10.5. The highest BCUT2D eigenvalue weighted by Crippen LogP contribution is 2.36. The summed E-state index contributed by atoms with van der Waals surface area (Å²) in [4.78, 5) is 24.3. The molecule has 0 saturated heterocycles. The number of para-hydroxylation sites is 1. The van der Waals surface area contributed by atoms with Crippen molar-refractivity contribution >= 4 is 33.5 Å². The third kappa shape index (κ3) is 5.39. The molecule has 0 saturated carbocycles. The highest BCUT2D eigenvalue weighted by Gasteiger charge is 2.34. The Bertz CT molecular complexity index is 1460. The zero-order chi connectivity index (χ0) is 25.9. The quantitative estimate of drug-likeness (QED) is 0.295. The molecule has 0 fully saturated rings. The van der Waals surface area contributed by atoms with E-state index in [0.717, 1.165) is 43.8 Å². The van der Waals surface area contributed by atoms with Crippen LogP contribution < -0.4 is 0 Å². The van der Waals surface area contributed by atoms with Crippen LogP contribution in [0.2, 0.25) is 0 Å². The van der Waals surface area contributed by atoms with E-state index in [2.05, 4.69) is 15.9 Å². The van der Waals surface area contributed by atoms with Crippen LogP contribution in [0.3, 0.4) is 0 Å². The number of halogens is 1. The van der Waals surface area contributed by atoms with Crippen molar-refractivity contribution in [2.24, 2.45) is 5.10 Å². The van der Waals surface area contributed by atoms with E-state index in [1.807, 2.05) is 96.7 Å². The molecule has 3 aromatic carbocycles. The van der Waals surface area contributed by atoms with Crippen molar-refractivity contribution in [1.82, 2.24) is 14.8 Å². The summed E-state index contributed by atoms with van der Waals surface area (Å²) in [6.07, 6.45) is 2.08. The Morgan fingerprint density at radius 2 is 1.68 bits per heavy atom. The van der Waals surface area contributed by atoms with Gasteiger partial charge in [-0.25, -0.2) is 9.69 Å². The van der Waals surface area contributed by atoms with Crippen molar-refractivity contribution in [2.75, 3.05) is 0 Å². The first-order valence-electron chi connectivity index (χ1n) is 12.0. The molecule has 2 heterocycles. The normalized spacial score (nSPS) is 15.0. The number of carbonyl (C=O) groups is 2. The van der Waals surface area contributed by atoms with Crippen LogP contribution in [-0.2, 0) is 9.59 Å². The van der Waals surface area contributed by atoms with Crippen molar-refractivity contribution in [2.45, 2.75) is 32.2 Å². The molecule has 1 atom stereocenters. The molecular formula is C29H25BrN4O3. The summed E-state index contributed by atoms with van der Waals surface area (Å²) >= 11 is 3.47. The van der Waals surface area contributed by atoms with E-state index in [0.29, 0.717) is 6.42 Å². The van der Waals surface area contributed by atoms with Crippen molar-refractivity contribution in [1.29, 1.82) is 0 Å². The van der Waals surface area contributed by atoms with Crippen LogP contribution >= 0.6 is 15.9 Å². The molecule has 4 aromatic rings. The van der Waals surface area contributed by atoms with Gasteiger partial charge in [-0.15, -0.1) is 0 Å². The van der Waals surface area contributed by atoms with E-state index in [1.54, 1.807) is 0 Å². The maximum absolute atomic E-state index is 13.1. The van der Waals surface area contributed by atoms with Crippen molar-refractivity contribution < 1.29 is 14.7 Å². The van der Waals surface area contributed by atoms with Crippen LogP contribution in [0.25, 0.3) is 16.9 Å². The number of amides is 1. The minimum Gasteiger partial charge on any atom is -0.481 e. The Balaban J connectivity index is 1.59. The summed E-state index contributed by atoms with van der Waals surface area (Å²) in [7, 11) is 0. The van der Waals surface area contributed by atoms with E-state index >= 15 is 0 Å². The summed E-state index contributed by atoms with van der Waals surface area (Å²) in [6.45, 7) is 2.04. The van der Waals surface area contributed by atoms with E-state index in [4.69, 9.17) is 15.3 Å². The molecule has 0 bridgehead atoms. The fourth-order valence-corrected chi connectivity index (χ4v) is 4.66. The van der Waals surface area contributed by atoms with Gasteiger partial charge in [0.15, 0.2) is 0 Å². The fourth-order valence-electron chi connectivity index (χ4n) is 4.40. The Morgan fingerprint density at radius 3 is 2.35 bits per heavy atom. The lowest BCUT2D eigenvalue weighted by Gasteiger charge is -2.22. The van der Waals surface area contributed by atoms with Gasteiger partial charge in [-0.2, -0.15) is 10.2 Å². The van der Waals surface area contributed by atoms with Crippen molar-refractivity contribution in [3.63, 3.8) is 0 Å². The number of aryl methyl sites for hydroxylation is 1. The maximum Gasteiger partial charge on any atom is 0.303 e. The third-order valence-electron chi connectivity index (χ3n) is 6.34. The molecule has 5 rings (SSSR count). The number of carbonyl (C=O) groups excluding carboxylic acids is 1. The summed E-state index contributed by atoms with van der Waals surface area (Å²) in [5, 5.41) is 20.2. The SMILES string of the molecule is Cc1ccc(-c2nn(-c3ccccc3)cc2C2=NN(C(=O)CCC(=O)O)[C@@H](c3ccc(Br)cc3)C2)cc1. The molecule has 0 spiro atoms. The molecule has 0 aliphatic carbocycles. The molecule has 1 aromatic heterocycles. The third-order valence-corrected chi connectivity index (χ3v) is 6.87. The summed E-state index contributed by atoms with van der Waals surface area (Å²) in [6, 6.07) is 25.4. The van der Waals surface area contributed by atoms with Gasteiger partial charge in [0.25, 0.3) is 0 Å². The van der Waals surface area contributed by atoms with Crippen molar-refractivity contribution in [3.8, 4) is 16.9 Å². The number of hydrazone groups is 1. The first-order valence-corrected chi connectivity index (χ1v) is 12.8. The highest BCUT2D eigenvalue weighted by molar-refractivity contribution is 9.10. The smallest absolute Gasteiger partial charge is 0.303 e. The molecule has 37 heavy (non-hydrogen) atoms. The number of carboxylic acids is 1. The Morgan fingerprint density at radius 1 is 0.973 bits per heavy atom. The van der Waals surface area contributed by atoms with Gasteiger partial charge in [-0.3, -0.25) is 9.59 Å². The van der Waals surface area contributed by atoms with E-state index in [1.165, 1.54) is 5.01 Å². The van der Waals surface area contributed by atoms with Crippen LogP contribution in [0.15, 0.2) is 94.6 Å². The van der Waals surface area contributed by atoms with Crippen molar-refractivity contribution in [3.05, 3.63) is 106 Å². The van der Waals surface area contributed by atoms with Gasteiger partial charge in [-0.05, 0) is 36.8 Å². The predicted octanol–water partition coefficient (Wildman–Crippen LogP) is 6.15. The number of carboxylic acid groups (broad SMARTS) is 1. The Labute approximate surface area is 223 Å². The minimum absolute atomic E-state index is 0.118. The van der Waals surface area contributed by atoms with E-state index in [-0.39, 0.29) is 24.8 Å². The second-order valence-electron chi connectivity index (χ2n) is 8.99. The van der Waals surface area contributed by atoms with Crippen LogP contribution in [0.1, 0.15) is 42.0 Å². The molecule has 8 heteroatoms. The number of aromatic nitrogens is 2. The van der Waals surface area contributed by atoms with Crippen LogP contribution in [0.4, 0.5) is 0 Å². The van der Waals surface area contributed by atoms with Gasteiger partial charge in [-0.1, -0.05) is 76.1 Å². The number of benzene rings is 3. The van der Waals surface area contributed by atoms with Crippen LogP contribution in [0.5, 0.6) is 0 Å². The topological polar surface area (TPSA) is 87.8 Å². The van der Waals surface area contributed by atoms with Gasteiger partial charge in [0.1, 0.15) is 5.69 Å². The number of hydrogen-bond acceptors (Lipinski definition) is 4. The van der Waals surface area contributed by atoms with Crippen LogP contribution in [-0.4, -0.2) is 37.5 Å². The largest absolute Gasteiger partial charge is 0.481 e. The number of aliphatic carboxylic acids is 1. The Kier molecular flexibility index (Phi) is 7.01. The lowest BCUT2D eigenvalue weighted by Crippen LogP contribution is -2.27. The molecule has 1 amide bonds. The molecule has 7 nitrogen and oxygen atoms in total. The first-order chi connectivity index (χ1) is 17.9. The lowest BCUT2D eigenvalue weighted by molar-refractivity contribution is -0.141. The molecule has 1 aliphatic heterocycles. The van der Waals surface area contributed by atoms with Gasteiger partial charge in [0, 0.05) is 34.6 Å². The summed E-state index contributed by atoms with van der Waals surface area (Å²) < 4.78 is 2.77. The van der Waals surface area contributed by atoms with E-state index in [9.17, 15) is 9.59 Å². The lowest BCUT2D eigenvalue weighted by atomic mass is 9.96. The zero-order valence-corrected chi connectivity index (χ0v) is 21.8. The minimum atomic E-state index is -1.01. The molecule has 186 valence electrons. The number of nitrogens with zero attached hydrogens (tertiary/aromatic N) is 4.